The summed E-state index contributed by atoms with van der Waals surface area (Å²) in [5.74, 6) is -0.0878. The van der Waals surface area contributed by atoms with Gasteiger partial charge in [0.2, 0.25) is 0 Å². The molecule has 1 amide bonds. The van der Waals surface area contributed by atoms with Gasteiger partial charge in [-0.3, -0.25) is 4.79 Å². The fraction of sp³-hybridized carbons (Fsp3) is 0.385. The third kappa shape index (κ3) is 2.69. The first-order valence-corrected chi connectivity index (χ1v) is 6.76. The molecule has 0 aliphatic rings. The number of nitrogen functional groups attached to an aromatic ring is 1. The molecule has 0 saturated heterocycles. The standard InChI is InChI=1S/C13H17N3O2S/c1-8-4-5-9-10(14)11(19-12(9)15-8)13(17)16(2)6-7-18-3/h4-5H,6-7,14H2,1-3H3. The number of aryl methyl sites for hydroxylation is 1. The molecule has 6 heteroatoms. The molecular formula is C13H17N3O2S. The average Bonchev–Trinajstić information content (AvgIpc) is 2.71. The third-order valence-corrected chi connectivity index (χ3v) is 4.01. The van der Waals surface area contributed by atoms with Crippen LogP contribution in [0, 0.1) is 6.92 Å². The number of fused-ring (bicyclic) bond motifs is 1. The molecule has 0 fully saturated rings. The topological polar surface area (TPSA) is 68.5 Å². The van der Waals surface area contributed by atoms with Crippen molar-refractivity contribution in [2.24, 2.45) is 0 Å². The van der Waals surface area contributed by atoms with Gasteiger partial charge in [0.25, 0.3) is 5.91 Å². The molecule has 2 heterocycles. The van der Waals surface area contributed by atoms with Crippen LogP contribution in [-0.2, 0) is 4.74 Å². The second kappa shape index (κ2) is 5.54. The summed E-state index contributed by atoms with van der Waals surface area (Å²) < 4.78 is 4.97. The lowest BCUT2D eigenvalue weighted by Crippen LogP contribution is -2.29. The van der Waals surface area contributed by atoms with E-state index in [-0.39, 0.29) is 5.91 Å². The normalized spacial score (nSPS) is 10.9. The van der Waals surface area contributed by atoms with E-state index >= 15 is 0 Å². The number of hydrogen-bond acceptors (Lipinski definition) is 5. The molecule has 0 radical (unpaired) electrons. The minimum absolute atomic E-state index is 0.0878. The fourth-order valence-corrected chi connectivity index (χ4v) is 2.89. The maximum absolute atomic E-state index is 12.3. The molecule has 19 heavy (non-hydrogen) atoms. The minimum atomic E-state index is -0.0878. The summed E-state index contributed by atoms with van der Waals surface area (Å²) in [4.78, 5) is 19.7. The Balaban J connectivity index is 2.34. The van der Waals surface area contributed by atoms with E-state index in [2.05, 4.69) is 4.98 Å². The van der Waals surface area contributed by atoms with Crippen LogP contribution in [0.15, 0.2) is 12.1 Å². The van der Waals surface area contributed by atoms with E-state index in [0.717, 1.165) is 15.9 Å². The minimum Gasteiger partial charge on any atom is -0.397 e. The highest BCUT2D eigenvalue weighted by Gasteiger charge is 2.20. The van der Waals surface area contributed by atoms with Crippen molar-refractivity contribution in [3.63, 3.8) is 0 Å². The lowest BCUT2D eigenvalue weighted by molar-refractivity contribution is 0.0750. The number of nitrogens with zero attached hydrogens (tertiary/aromatic N) is 2. The molecule has 0 aliphatic carbocycles. The van der Waals surface area contributed by atoms with Gasteiger partial charge in [-0.05, 0) is 19.1 Å². The first kappa shape index (κ1) is 13.8. The van der Waals surface area contributed by atoms with Crippen LogP contribution in [0.5, 0.6) is 0 Å². The Morgan fingerprint density at radius 3 is 2.95 bits per heavy atom. The molecule has 0 unspecified atom stereocenters. The number of hydrogen-bond donors (Lipinski definition) is 1. The number of aromatic nitrogens is 1. The summed E-state index contributed by atoms with van der Waals surface area (Å²) in [5, 5.41) is 0.846. The van der Waals surface area contributed by atoms with Crippen molar-refractivity contribution in [2.75, 3.05) is 33.0 Å². The van der Waals surface area contributed by atoms with Crippen molar-refractivity contribution in [3.05, 3.63) is 22.7 Å². The number of ether oxygens (including phenoxy) is 1. The Hall–Kier alpha value is -1.66. The van der Waals surface area contributed by atoms with Crippen molar-refractivity contribution in [1.82, 2.24) is 9.88 Å². The van der Waals surface area contributed by atoms with Gasteiger partial charge in [0.05, 0.1) is 12.3 Å². The maximum atomic E-state index is 12.3. The summed E-state index contributed by atoms with van der Waals surface area (Å²) in [6, 6.07) is 3.81. The summed E-state index contributed by atoms with van der Waals surface area (Å²) in [7, 11) is 3.35. The zero-order valence-corrected chi connectivity index (χ0v) is 12.1. The molecule has 0 spiro atoms. The number of thiophene rings is 1. The largest absolute Gasteiger partial charge is 0.397 e. The number of amides is 1. The lowest BCUT2D eigenvalue weighted by atomic mass is 10.2. The number of rotatable bonds is 4. The van der Waals surface area contributed by atoms with Crippen LogP contribution >= 0.6 is 11.3 Å². The number of nitrogens with two attached hydrogens (primary N) is 1. The molecular weight excluding hydrogens is 262 g/mol. The van der Waals surface area contributed by atoms with Crippen LogP contribution in [0.2, 0.25) is 0 Å². The van der Waals surface area contributed by atoms with Crippen LogP contribution in [-0.4, -0.2) is 43.1 Å². The molecule has 0 saturated carbocycles. The van der Waals surface area contributed by atoms with E-state index in [0.29, 0.717) is 23.7 Å². The summed E-state index contributed by atoms with van der Waals surface area (Å²) in [6.07, 6.45) is 0. The summed E-state index contributed by atoms with van der Waals surface area (Å²) in [5.41, 5.74) is 7.48. The first-order valence-electron chi connectivity index (χ1n) is 5.94. The Labute approximate surface area is 116 Å². The van der Waals surface area contributed by atoms with Crippen LogP contribution in [0.25, 0.3) is 10.2 Å². The van der Waals surface area contributed by atoms with Crippen LogP contribution in [0.1, 0.15) is 15.4 Å². The highest BCUT2D eigenvalue weighted by atomic mass is 32.1. The predicted octanol–water partition coefficient (Wildman–Crippen LogP) is 1.91. The Morgan fingerprint density at radius 2 is 2.26 bits per heavy atom. The Bertz CT molecular complexity index is 609. The monoisotopic (exact) mass is 279 g/mol. The van der Waals surface area contributed by atoms with Gasteiger partial charge in [-0.1, -0.05) is 0 Å². The molecule has 2 rings (SSSR count). The van der Waals surface area contributed by atoms with Gasteiger partial charge in [0.1, 0.15) is 9.71 Å². The third-order valence-electron chi connectivity index (χ3n) is 2.90. The number of carbonyl (C=O) groups excluding carboxylic acids is 1. The highest BCUT2D eigenvalue weighted by Crippen LogP contribution is 2.33. The maximum Gasteiger partial charge on any atom is 0.265 e. The van der Waals surface area contributed by atoms with Gasteiger partial charge in [0, 0.05) is 31.8 Å². The zero-order chi connectivity index (χ0) is 14.0. The molecule has 5 nitrogen and oxygen atoms in total. The second-order valence-corrected chi connectivity index (χ2v) is 5.37. The molecule has 102 valence electrons. The van der Waals surface area contributed by atoms with Gasteiger partial charge in [-0.2, -0.15) is 0 Å². The van der Waals surface area contributed by atoms with Gasteiger partial charge < -0.3 is 15.4 Å². The van der Waals surface area contributed by atoms with Crippen molar-refractivity contribution in [2.45, 2.75) is 6.92 Å². The van der Waals surface area contributed by atoms with Gasteiger partial charge >= 0.3 is 0 Å². The quantitative estimate of drug-likeness (QED) is 0.928. The van der Waals surface area contributed by atoms with Gasteiger partial charge in [-0.15, -0.1) is 11.3 Å². The number of carbonyl (C=O) groups is 1. The van der Waals surface area contributed by atoms with Gasteiger partial charge in [0.15, 0.2) is 0 Å². The van der Waals surface area contributed by atoms with Crippen molar-refractivity contribution in [1.29, 1.82) is 0 Å². The second-order valence-electron chi connectivity index (χ2n) is 4.37. The van der Waals surface area contributed by atoms with E-state index in [1.165, 1.54) is 11.3 Å². The molecule has 0 aliphatic heterocycles. The van der Waals surface area contributed by atoms with E-state index in [9.17, 15) is 4.79 Å². The zero-order valence-electron chi connectivity index (χ0n) is 11.3. The van der Waals surface area contributed by atoms with Crippen molar-refractivity contribution < 1.29 is 9.53 Å². The Morgan fingerprint density at radius 1 is 1.53 bits per heavy atom. The van der Waals surface area contributed by atoms with E-state index in [4.69, 9.17) is 10.5 Å². The number of likely N-dealkylation sites (N-methyl/N-ethyl adjacent to an activating group) is 1. The molecule has 2 N–H and O–H groups in total. The van der Waals surface area contributed by atoms with Crippen LogP contribution in [0.4, 0.5) is 5.69 Å². The molecule has 0 aromatic carbocycles. The average molecular weight is 279 g/mol. The number of methoxy groups -OCH3 is 1. The number of anilines is 1. The molecule has 0 bridgehead atoms. The number of pyridine rings is 1. The molecule has 0 atom stereocenters. The lowest BCUT2D eigenvalue weighted by Gasteiger charge is -2.15. The predicted molar refractivity (Wildman–Crippen MR) is 77.6 cm³/mol. The van der Waals surface area contributed by atoms with E-state index < -0.39 is 0 Å². The molecule has 2 aromatic rings. The Kier molecular flexibility index (Phi) is 4.01. The van der Waals surface area contributed by atoms with E-state index in [1.54, 1.807) is 19.1 Å². The smallest absolute Gasteiger partial charge is 0.265 e. The highest BCUT2D eigenvalue weighted by molar-refractivity contribution is 7.21. The van der Waals surface area contributed by atoms with Crippen LogP contribution in [0.3, 0.4) is 0 Å². The van der Waals surface area contributed by atoms with Gasteiger partial charge in [-0.25, -0.2) is 4.98 Å². The fourth-order valence-electron chi connectivity index (χ4n) is 1.75. The SMILES string of the molecule is COCCN(C)C(=O)c1sc2nc(C)ccc2c1N. The summed E-state index contributed by atoms with van der Waals surface area (Å²) >= 11 is 1.34. The summed E-state index contributed by atoms with van der Waals surface area (Å²) in [6.45, 7) is 2.96. The van der Waals surface area contributed by atoms with Crippen LogP contribution < -0.4 is 5.73 Å². The first-order chi connectivity index (χ1) is 9.04. The molecule has 2 aromatic heterocycles. The van der Waals surface area contributed by atoms with Crippen molar-refractivity contribution in [3.8, 4) is 0 Å². The van der Waals surface area contributed by atoms with Crippen molar-refractivity contribution >= 4 is 33.1 Å². The van der Waals surface area contributed by atoms with E-state index in [1.807, 2.05) is 19.1 Å².